The third kappa shape index (κ3) is 7.16. The number of rotatable bonds is 10. The first kappa shape index (κ1) is 31.9. The predicted octanol–water partition coefficient (Wildman–Crippen LogP) is 1.82. The molecular formula is C22H26F9N3O6. The Morgan fingerprint density at radius 2 is 1.68 bits per heavy atom. The fourth-order valence-corrected chi connectivity index (χ4v) is 5.78. The molecule has 0 bridgehead atoms. The predicted molar refractivity (Wildman–Crippen MR) is 112 cm³/mol. The number of hydrogen-bond donors (Lipinski definition) is 3. The topological polar surface area (TPSA) is 139 Å². The lowest BCUT2D eigenvalue weighted by molar-refractivity contribution is -0.321. The van der Waals surface area contributed by atoms with E-state index < -0.39 is 103 Å². The molecule has 0 aromatic heterocycles. The Morgan fingerprint density at radius 3 is 2.15 bits per heavy atom. The molecule has 0 aromatic carbocycles. The summed E-state index contributed by atoms with van der Waals surface area (Å²) < 4.78 is 119. The molecule has 2 saturated heterocycles. The van der Waals surface area contributed by atoms with Crippen LogP contribution in [0.1, 0.15) is 32.1 Å². The van der Waals surface area contributed by atoms with Crippen LogP contribution in [0.15, 0.2) is 0 Å². The summed E-state index contributed by atoms with van der Waals surface area (Å²) in [6.45, 7) is -1.63. The van der Waals surface area contributed by atoms with Crippen molar-refractivity contribution < 1.29 is 68.5 Å². The van der Waals surface area contributed by atoms with Gasteiger partial charge in [-0.1, -0.05) is 0 Å². The van der Waals surface area contributed by atoms with Crippen molar-refractivity contribution in [3.05, 3.63) is 0 Å². The normalized spacial score (nSPS) is 28.6. The number of nitrogens with one attached hydrogen (secondary N) is 1. The van der Waals surface area contributed by atoms with Crippen molar-refractivity contribution >= 4 is 23.5 Å². The Balaban J connectivity index is 1.80. The van der Waals surface area contributed by atoms with E-state index in [4.69, 9.17) is 5.73 Å². The van der Waals surface area contributed by atoms with E-state index in [1.165, 1.54) is 0 Å². The third-order valence-electron chi connectivity index (χ3n) is 7.84. The molecule has 9 nitrogen and oxygen atoms in total. The second-order valence-electron chi connectivity index (χ2n) is 10.5. The summed E-state index contributed by atoms with van der Waals surface area (Å²) in [5, 5.41) is 12.5. The van der Waals surface area contributed by atoms with Crippen molar-refractivity contribution in [2.75, 3.05) is 19.7 Å². The zero-order valence-electron chi connectivity index (χ0n) is 20.5. The van der Waals surface area contributed by atoms with Crippen molar-refractivity contribution in [1.82, 2.24) is 10.2 Å². The second-order valence-corrected chi connectivity index (χ2v) is 10.5. The van der Waals surface area contributed by atoms with Crippen molar-refractivity contribution in [1.29, 1.82) is 0 Å². The molecule has 18 heteroatoms. The zero-order valence-corrected chi connectivity index (χ0v) is 20.5. The van der Waals surface area contributed by atoms with Gasteiger partial charge in [-0.15, -0.1) is 13.2 Å². The van der Waals surface area contributed by atoms with Gasteiger partial charge in [0.25, 0.3) is 5.91 Å². The highest BCUT2D eigenvalue weighted by molar-refractivity contribution is 5.90. The number of nitrogens with two attached hydrogens (primary N) is 1. The van der Waals surface area contributed by atoms with Gasteiger partial charge in [0.15, 0.2) is 11.7 Å². The van der Waals surface area contributed by atoms with Gasteiger partial charge in [-0.2, -0.15) is 26.3 Å². The minimum atomic E-state index is -5.84. The summed E-state index contributed by atoms with van der Waals surface area (Å²) in [6, 6.07) is -1.57. The number of alkyl halides is 9. The lowest BCUT2D eigenvalue weighted by atomic mass is 9.83. The maximum Gasteiger partial charge on any atom is 0.522 e. The van der Waals surface area contributed by atoms with E-state index in [1.54, 1.807) is 0 Å². The molecular weight excluding hydrogens is 573 g/mol. The van der Waals surface area contributed by atoms with Gasteiger partial charge in [0.1, 0.15) is 18.8 Å². The Kier molecular flexibility index (Phi) is 8.76. The molecule has 4 unspecified atom stereocenters. The van der Waals surface area contributed by atoms with Crippen molar-refractivity contribution in [3.63, 3.8) is 0 Å². The fraction of sp³-hybridized carbons (Fsp3) is 0.818. The highest BCUT2D eigenvalue weighted by Gasteiger charge is 2.66. The highest BCUT2D eigenvalue weighted by atomic mass is 19.4. The number of ether oxygens (including phenoxy) is 1. The Labute approximate surface area is 220 Å². The minimum absolute atomic E-state index is 0.0289. The van der Waals surface area contributed by atoms with Crippen LogP contribution in [0, 0.1) is 29.1 Å². The number of carbonyl (C=O) groups is 4. The van der Waals surface area contributed by atoms with E-state index in [2.05, 4.69) is 10.1 Å². The lowest BCUT2D eigenvalue weighted by Crippen LogP contribution is -2.49. The van der Waals surface area contributed by atoms with E-state index in [1.807, 2.05) is 0 Å². The maximum atomic E-state index is 12.9. The molecule has 1 spiro atoms. The molecule has 3 aliphatic rings. The van der Waals surface area contributed by atoms with Gasteiger partial charge in [-0.25, -0.2) is 0 Å². The summed E-state index contributed by atoms with van der Waals surface area (Å²) in [7, 11) is 0. The molecule has 40 heavy (non-hydrogen) atoms. The van der Waals surface area contributed by atoms with Gasteiger partial charge in [0, 0.05) is 31.3 Å². The first-order valence-corrected chi connectivity index (χ1v) is 12.1. The quantitative estimate of drug-likeness (QED) is 0.328. The van der Waals surface area contributed by atoms with Gasteiger partial charge in [-0.3, -0.25) is 23.9 Å². The number of primary amides is 1. The molecule has 3 rings (SSSR count). The molecule has 228 valence electrons. The molecule has 0 aromatic rings. The van der Waals surface area contributed by atoms with E-state index >= 15 is 0 Å². The average molecular weight is 599 g/mol. The zero-order chi connectivity index (χ0) is 30.4. The van der Waals surface area contributed by atoms with Crippen LogP contribution in [-0.4, -0.2) is 84.1 Å². The Hall–Kier alpha value is -2.63. The number of hydrogen-bond acceptors (Lipinski definition) is 6. The van der Waals surface area contributed by atoms with E-state index in [-0.39, 0.29) is 32.2 Å². The van der Waals surface area contributed by atoms with Crippen LogP contribution in [-0.2, 0) is 23.9 Å². The number of aliphatic hydroxyl groups excluding tert-OH is 1. The number of likely N-dealkylation sites (tertiary alicyclic amines) is 1. The number of aliphatic hydroxyl groups is 1. The monoisotopic (exact) mass is 599 g/mol. The van der Waals surface area contributed by atoms with E-state index in [9.17, 15) is 63.8 Å². The number of nitrogens with zero attached hydrogens (tertiary/aromatic N) is 1. The molecule has 3 fully saturated rings. The summed E-state index contributed by atoms with van der Waals surface area (Å²) in [4.78, 5) is 50.2. The van der Waals surface area contributed by atoms with E-state index in [0.29, 0.717) is 4.90 Å². The number of amides is 3. The largest absolute Gasteiger partial charge is 0.522 e. The van der Waals surface area contributed by atoms with Gasteiger partial charge >= 0.3 is 18.7 Å². The molecule has 1 saturated carbocycles. The third-order valence-corrected chi connectivity index (χ3v) is 7.84. The lowest BCUT2D eigenvalue weighted by Gasteiger charge is -2.28. The molecule has 2 heterocycles. The molecule has 6 atom stereocenters. The maximum absolute atomic E-state index is 12.9. The van der Waals surface area contributed by atoms with Crippen molar-refractivity contribution in [2.45, 2.75) is 63.0 Å². The van der Waals surface area contributed by atoms with Crippen molar-refractivity contribution in [3.8, 4) is 0 Å². The average Bonchev–Trinajstić information content (AvgIpc) is 3.11. The first-order valence-electron chi connectivity index (χ1n) is 12.1. The number of Topliss-reactive ketones (excluding diaryl/α,β-unsaturated/α-hetero) is 1. The van der Waals surface area contributed by atoms with Crippen LogP contribution in [0.2, 0.25) is 0 Å². The van der Waals surface area contributed by atoms with Gasteiger partial charge < -0.3 is 21.1 Å². The Morgan fingerprint density at radius 1 is 1.07 bits per heavy atom. The molecule has 4 N–H and O–H groups in total. The van der Waals surface area contributed by atoms with E-state index in [0.717, 1.165) is 0 Å². The van der Waals surface area contributed by atoms with Crippen LogP contribution in [0.3, 0.4) is 0 Å². The molecule has 2 aliphatic heterocycles. The highest BCUT2D eigenvalue weighted by Crippen LogP contribution is 2.64. The summed E-state index contributed by atoms with van der Waals surface area (Å²) >= 11 is 0. The van der Waals surface area contributed by atoms with Crippen LogP contribution in [0.4, 0.5) is 39.5 Å². The number of carbonyl (C=O) groups excluding carboxylic acids is 4. The second kappa shape index (κ2) is 11.0. The van der Waals surface area contributed by atoms with Crippen LogP contribution in [0.5, 0.6) is 0 Å². The summed E-state index contributed by atoms with van der Waals surface area (Å²) in [5.41, 5.74) is 4.15. The standard InChI is InChI=1S/C22H26F9N3O6/c23-20(24,25)15(21(26,27)28)4-13(35)18(39)34-8-19(6-12(34)16(32)37)5-11(19)10(3-9-1-2-33-17(9)38)14(36)7-40-22(29,30)31/h9-13,15,35H,1-8H2,(H2,32,37)(H,33,38)/t9-,10+,11?,12?,13?,19?/m1/s1. The van der Waals surface area contributed by atoms with Crippen molar-refractivity contribution in [2.24, 2.45) is 34.8 Å². The summed E-state index contributed by atoms with van der Waals surface area (Å²) in [6.07, 6.45) is -21.9. The first-order chi connectivity index (χ1) is 18.2. The molecule has 0 radical (unpaired) electrons. The van der Waals surface area contributed by atoms with Gasteiger partial charge in [0.05, 0.1) is 0 Å². The minimum Gasteiger partial charge on any atom is -0.383 e. The SMILES string of the molecule is NC(=O)C1CC2(CC2[C@H](C[C@H]2CCNC2=O)C(=O)COC(F)(F)F)CN1C(=O)C(O)CC(C(F)(F)F)C(F)(F)F. The summed E-state index contributed by atoms with van der Waals surface area (Å²) in [5.74, 6) is -11.0. The molecule has 1 aliphatic carbocycles. The van der Waals surface area contributed by atoms with Gasteiger partial charge in [0.2, 0.25) is 11.8 Å². The molecule has 3 amide bonds. The van der Waals surface area contributed by atoms with Crippen LogP contribution < -0.4 is 11.1 Å². The number of halogens is 9. The number of ketones is 1. The fourth-order valence-electron chi connectivity index (χ4n) is 5.78. The Bertz CT molecular complexity index is 1000. The van der Waals surface area contributed by atoms with Crippen LogP contribution in [0.25, 0.3) is 0 Å². The van der Waals surface area contributed by atoms with Crippen LogP contribution >= 0.6 is 0 Å². The smallest absolute Gasteiger partial charge is 0.383 e. The van der Waals surface area contributed by atoms with Gasteiger partial charge in [-0.05, 0) is 37.0 Å².